The van der Waals surface area contributed by atoms with E-state index in [4.69, 9.17) is 5.10 Å². The van der Waals surface area contributed by atoms with Crippen molar-refractivity contribution in [3.8, 4) is 0 Å². The van der Waals surface area contributed by atoms with Crippen molar-refractivity contribution in [2.45, 2.75) is 24.5 Å². The van der Waals surface area contributed by atoms with Gasteiger partial charge in [0.05, 0.1) is 17.4 Å². The molecule has 0 saturated carbocycles. The Morgan fingerprint density at radius 2 is 1.53 bits per heavy atom. The van der Waals surface area contributed by atoms with Crippen LogP contribution in [-0.2, 0) is 14.4 Å². The quantitative estimate of drug-likeness (QED) is 0.373. The molecular formula is C27H20Br2N6O3. The summed E-state index contributed by atoms with van der Waals surface area (Å²) in [5.74, 6) is -1.26. The van der Waals surface area contributed by atoms with Gasteiger partial charge in [0, 0.05) is 15.4 Å². The first-order valence-corrected chi connectivity index (χ1v) is 13.5. The van der Waals surface area contributed by atoms with E-state index in [1.807, 2.05) is 54.6 Å². The first kappa shape index (κ1) is 24.6. The van der Waals surface area contributed by atoms with Crippen LogP contribution in [0.15, 0.2) is 103 Å². The molecule has 3 atom stereocenters. The summed E-state index contributed by atoms with van der Waals surface area (Å²) >= 11 is 6.81. The van der Waals surface area contributed by atoms with Crippen LogP contribution in [0.5, 0.6) is 0 Å². The van der Waals surface area contributed by atoms with Crippen molar-refractivity contribution in [3.63, 3.8) is 0 Å². The summed E-state index contributed by atoms with van der Waals surface area (Å²) in [6, 6.07) is 22.1. The van der Waals surface area contributed by atoms with E-state index in [0.717, 1.165) is 30.7 Å². The third-order valence-corrected chi connectivity index (χ3v) is 7.83. The molecule has 3 amide bonds. The van der Waals surface area contributed by atoms with Crippen LogP contribution in [0.3, 0.4) is 0 Å². The van der Waals surface area contributed by atoms with E-state index in [2.05, 4.69) is 42.2 Å². The lowest BCUT2D eigenvalue weighted by atomic mass is 9.98. The van der Waals surface area contributed by atoms with Crippen molar-refractivity contribution in [2.75, 3.05) is 11.4 Å². The van der Waals surface area contributed by atoms with Crippen LogP contribution < -0.4 is 4.90 Å². The van der Waals surface area contributed by atoms with E-state index in [1.54, 1.807) is 24.3 Å². The first-order valence-electron chi connectivity index (χ1n) is 11.9. The molecule has 3 aliphatic heterocycles. The highest BCUT2D eigenvalue weighted by Gasteiger charge is 2.55. The maximum Gasteiger partial charge on any atom is 0.264 e. The van der Waals surface area contributed by atoms with Gasteiger partial charge in [0.1, 0.15) is 6.54 Å². The monoisotopic (exact) mass is 634 g/mol. The standard InChI is InChI=1S/C27H20Br2N6O3/c28-18-8-6-16(7-9-18)21-14-22(17-4-2-1-3-5-17)35(31-21)23(36)15-33-25-24(30-32-33)26(37)34(27(25)38)20-12-10-19(29)11-13-20/h1-13,22,24-25H,14-15H2/t22-,24+,25+/m0/s1. The third-order valence-electron chi connectivity index (χ3n) is 6.77. The molecule has 0 bridgehead atoms. The summed E-state index contributed by atoms with van der Waals surface area (Å²) in [7, 11) is 0. The number of anilines is 1. The van der Waals surface area contributed by atoms with Gasteiger partial charge in [-0.2, -0.15) is 10.2 Å². The normalized spacial score (nSPS) is 22.3. The van der Waals surface area contributed by atoms with Crippen molar-refractivity contribution in [1.29, 1.82) is 0 Å². The molecule has 0 aliphatic carbocycles. The molecule has 6 rings (SSSR count). The molecule has 3 aliphatic rings. The topological polar surface area (TPSA) is 98.0 Å². The average Bonchev–Trinajstić information content (AvgIpc) is 3.61. The Kier molecular flexibility index (Phi) is 6.40. The molecule has 3 aromatic rings. The van der Waals surface area contributed by atoms with Crippen molar-refractivity contribution < 1.29 is 14.4 Å². The zero-order valence-electron chi connectivity index (χ0n) is 19.8. The molecule has 3 heterocycles. The van der Waals surface area contributed by atoms with Gasteiger partial charge >= 0.3 is 0 Å². The molecular weight excluding hydrogens is 616 g/mol. The number of carbonyl (C=O) groups is 3. The van der Waals surface area contributed by atoms with Gasteiger partial charge in [-0.1, -0.05) is 79.5 Å². The van der Waals surface area contributed by atoms with Crippen molar-refractivity contribution in [2.24, 2.45) is 15.4 Å². The van der Waals surface area contributed by atoms with E-state index < -0.39 is 23.9 Å². The molecule has 9 nitrogen and oxygen atoms in total. The van der Waals surface area contributed by atoms with Crippen LogP contribution in [0, 0.1) is 0 Å². The van der Waals surface area contributed by atoms with Crippen LogP contribution in [-0.4, -0.2) is 52.1 Å². The smallest absolute Gasteiger partial charge is 0.264 e. The molecule has 1 fully saturated rings. The van der Waals surface area contributed by atoms with Gasteiger partial charge in [-0.05, 0) is 47.5 Å². The Morgan fingerprint density at radius 3 is 2.21 bits per heavy atom. The summed E-state index contributed by atoms with van der Waals surface area (Å²) in [5, 5.41) is 15.6. The predicted octanol–water partition coefficient (Wildman–Crippen LogP) is 4.88. The molecule has 3 aromatic carbocycles. The minimum atomic E-state index is -0.982. The van der Waals surface area contributed by atoms with Crippen molar-refractivity contribution in [3.05, 3.63) is 98.9 Å². The number of hydrogen-bond acceptors (Lipinski definition) is 7. The number of amides is 3. The molecule has 0 aromatic heterocycles. The van der Waals surface area contributed by atoms with E-state index in [0.29, 0.717) is 12.1 Å². The number of nitrogens with zero attached hydrogens (tertiary/aromatic N) is 6. The molecule has 0 spiro atoms. The maximum absolute atomic E-state index is 13.6. The number of fused-ring (bicyclic) bond motifs is 1. The molecule has 0 unspecified atom stereocenters. The van der Waals surface area contributed by atoms with Gasteiger partial charge in [0.2, 0.25) is 0 Å². The Balaban J connectivity index is 1.25. The summed E-state index contributed by atoms with van der Waals surface area (Å²) in [6.45, 7) is -0.238. The van der Waals surface area contributed by atoms with Gasteiger partial charge in [0.25, 0.3) is 17.7 Å². The highest BCUT2D eigenvalue weighted by atomic mass is 79.9. The zero-order chi connectivity index (χ0) is 26.4. The highest BCUT2D eigenvalue weighted by molar-refractivity contribution is 9.10. The van der Waals surface area contributed by atoms with Crippen LogP contribution >= 0.6 is 31.9 Å². The Hall–Kier alpha value is -3.70. The Morgan fingerprint density at radius 1 is 0.868 bits per heavy atom. The van der Waals surface area contributed by atoms with Gasteiger partial charge < -0.3 is 0 Å². The largest absolute Gasteiger partial charge is 0.271 e. The first-order chi connectivity index (χ1) is 18.4. The number of hydrogen-bond donors (Lipinski definition) is 0. The fraction of sp³-hybridized carbons (Fsp3) is 0.185. The Bertz CT molecular complexity index is 1480. The predicted molar refractivity (Wildman–Crippen MR) is 147 cm³/mol. The van der Waals surface area contributed by atoms with Crippen LogP contribution in [0.25, 0.3) is 0 Å². The third kappa shape index (κ3) is 4.35. The molecule has 38 heavy (non-hydrogen) atoms. The second-order valence-corrected chi connectivity index (χ2v) is 10.9. The maximum atomic E-state index is 13.6. The SMILES string of the molecule is O=C1[C@@H]2N=NN(CC(=O)N3N=C(c4ccc(Br)cc4)C[C@H]3c3ccccc3)[C@H]2C(=O)N1c1ccc(Br)cc1. The minimum Gasteiger partial charge on any atom is -0.271 e. The molecule has 11 heteroatoms. The van der Waals surface area contributed by atoms with Crippen LogP contribution in [0.1, 0.15) is 23.6 Å². The lowest BCUT2D eigenvalue weighted by molar-refractivity contribution is -0.135. The average molecular weight is 636 g/mol. The van der Waals surface area contributed by atoms with Gasteiger partial charge in [-0.25, -0.2) is 9.91 Å². The molecule has 190 valence electrons. The van der Waals surface area contributed by atoms with E-state index in [-0.39, 0.29) is 18.5 Å². The lowest BCUT2D eigenvalue weighted by Gasteiger charge is -2.25. The number of halogens is 2. The van der Waals surface area contributed by atoms with Crippen molar-refractivity contribution >= 4 is 61.0 Å². The summed E-state index contributed by atoms with van der Waals surface area (Å²) in [6.07, 6.45) is 0.541. The van der Waals surface area contributed by atoms with Crippen molar-refractivity contribution in [1.82, 2.24) is 10.0 Å². The number of hydrazone groups is 1. The second kappa shape index (κ2) is 9.88. The van der Waals surface area contributed by atoms with Crippen LogP contribution in [0.2, 0.25) is 0 Å². The molecule has 0 N–H and O–H groups in total. The van der Waals surface area contributed by atoms with E-state index in [9.17, 15) is 14.4 Å². The van der Waals surface area contributed by atoms with Gasteiger partial charge in [0.15, 0.2) is 12.1 Å². The lowest BCUT2D eigenvalue weighted by Crippen LogP contribution is -2.44. The molecule has 1 saturated heterocycles. The number of carbonyl (C=O) groups excluding carboxylic acids is 3. The highest BCUT2D eigenvalue weighted by Crippen LogP contribution is 2.35. The number of rotatable bonds is 5. The molecule has 0 radical (unpaired) electrons. The Labute approximate surface area is 235 Å². The summed E-state index contributed by atoms with van der Waals surface area (Å²) in [4.78, 5) is 41.1. The summed E-state index contributed by atoms with van der Waals surface area (Å²) < 4.78 is 1.78. The van der Waals surface area contributed by atoms with Gasteiger partial charge in [-0.15, -0.1) is 0 Å². The number of benzene rings is 3. The second-order valence-electron chi connectivity index (χ2n) is 9.10. The summed E-state index contributed by atoms with van der Waals surface area (Å²) in [5.41, 5.74) is 3.11. The fourth-order valence-electron chi connectivity index (χ4n) is 4.90. The zero-order valence-corrected chi connectivity index (χ0v) is 23.0. The van der Waals surface area contributed by atoms with E-state index in [1.165, 1.54) is 10.0 Å². The fourth-order valence-corrected chi connectivity index (χ4v) is 5.43. The van der Waals surface area contributed by atoms with E-state index >= 15 is 0 Å². The number of imide groups is 1. The van der Waals surface area contributed by atoms with Crippen LogP contribution in [0.4, 0.5) is 5.69 Å². The van der Waals surface area contributed by atoms with Gasteiger partial charge in [-0.3, -0.25) is 19.4 Å². The minimum absolute atomic E-state index is 0.238.